The number of nitrogens with zero attached hydrogens (tertiary/aromatic N) is 1. The lowest BCUT2D eigenvalue weighted by atomic mass is 10.2. The van der Waals surface area contributed by atoms with Crippen molar-refractivity contribution in [3.05, 3.63) is 64.0 Å². The third-order valence-electron chi connectivity index (χ3n) is 3.17. The van der Waals surface area contributed by atoms with Crippen molar-refractivity contribution in [2.24, 2.45) is 0 Å². The number of ether oxygens (including phenoxy) is 1. The van der Waals surface area contributed by atoms with Crippen molar-refractivity contribution in [3.8, 4) is 0 Å². The van der Waals surface area contributed by atoms with Crippen LogP contribution in [-0.4, -0.2) is 11.1 Å². The summed E-state index contributed by atoms with van der Waals surface area (Å²) in [5, 5.41) is 4.64. The number of benzene rings is 2. The fourth-order valence-corrected chi connectivity index (χ4v) is 2.38. The van der Waals surface area contributed by atoms with Crippen LogP contribution in [0, 0.1) is 5.82 Å². The Labute approximate surface area is 134 Å². The van der Waals surface area contributed by atoms with Gasteiger partial charge in [-0.1, -0.05) is 39.3 Å². The molecule has 0 aliphatic heterocycles. The van der Waals surface area contributed by atoms with Crippen molar-refractivity contribution in [2.75, 3.05) is 0 Å². The number of fused-ring (bicyclic) bond motifs is 1. The zero-order valence-corrected chi connectivity index (χ0v) is 13.0. The molecular weight excluding hydrogens is 353 g/mol. The van der Waals surface area contributed by atoms with E-state index in [4.69, 9.17) is 9.26 Å². The first-order valence-corrected chi connectivity index (χ1v) is 7.35. The van der Waals surface area contributed by atoms with Crippen LogP contribution < -0.4 is 0 Å². The smallest absolute Gasteiger partial charge is 0.312 e. The van der Waals surface area contributed by atoms with E-state index >= 15 is 0 Å². The number of rotatable bonds is 4. The Bertz CT molecular complexity index is 831. The van der Waals surface area contributed by atoms with Crippen LogP contribution in [-0.2, 0) is 22.6 Å². The third kappa shape index (κ3) is 3.17. The molecule has 1 aromatic heterocycles. The number of hydrogen-bond acceptors (Lipinski definition) is 4. The van der Waals surface area contributed by atoms with Crippen LogP contribution in [0.3, 0.4) is 0 Å². The molecule has 0 N–H and O–H groups in total. The second-order valence-corrected chi connectivity index (χ2v) is 5.61. The van der Waals surface area contributed by atoms with Gasteiger partial charge in [0.1, 0.15) is 18.1 Å². The molecule has 0 fully saturated rings. The molecule has 3 rings (SSSR count). The highest BCUT2D eigenvalue weighted by Gasteiger charge is 2.14. The monoisotopic (exact) mass is 363 g/mol. The minimum Gasteiger partial charge on any atom is -0.460 e. The van der Waals surface area contributed by atoms with Crippen molar-refractivity contribution >= 4 is 32.9 Å². The van der Waals surface area contributed by atoms with Crippen molar-refractivity contribution in [3.63, 3.8) is 0 Å². The quantitative estimate of drug-likeness (QED) is 0.657. The molecule has 22 heavy (non-hydrogen) atoms. The number of carbonyl (C=O) groups excluding carboxylic acids is 1. The Hall–Kier alpha value is -2.21. The minimum atomic E-state index is -0.485. The Morgan fingerprint density at radius 3 is 2.91 bits per heavy atom. The molecule has 6 heteroatoms. The molecule has 0 aliphatic rings. The van der Waals surface area contributed by atoms with Gasteiger partial charge in [0.05, 0.1) is 6.42 Å². The number of carbonyl (C=O) groups is 1. The molecule has 0 atom stereocenters. The number of aromatic nitrogens is 1. The van der Waals surface area contributed by atoms with E-state index in [1.54, 1.807) is 18.2 Å². The van der Waals surface area contributed by atoms with Gasteiger partial charge in [0.2, 0.25) is 0 Å². The number of para-hydroxylation sites is 1. The molecule has 2 aromatic carbocycles. The highest BCUT2D eigenvalue weighted by molar-refractivity contribution is 9.10. The van der Waals surface area contributed by atoms with Gasteiger partial charge >= 0.3 is 5.97 Å². The lowest BCUT2D eigenvalue weighted by Gasteiger charge is -2.05. The molecule has 0 aliphatic carbocycles. The summed E-state index contributed by atoms with van der Waals surface area (Å²) in [4.78, 5) is 11.9. The van der Waals surface area contributed by atoms with E-state index in [0.717, 1.165) is 5.39 Å². The van der Waals surface area contributed by atoms with Crippen LogP contribution in [0.1, 0.15) is 11.3 Å². The van der Waals surface area contributed by atoms with Crippen molar-refractivity contribution < 1.29 is 18.4 Å². The molecule has 0 bridgehead atoms. The zero-order chi connectivity index (χ0) is 15.5. The van der Waals surface area contributed by atoms with E-state index < -0.39 is 11.8 Å². The lowest BCUT2D eigenvalue weighted by Crippen LogP contribution is -2.09. The molecule has 0 spiro atoms. The average molecular weight is 364 g/mol. The number of halogens is 2. The summed E-state index contributed by atoms with van der Waals surface area (Å²) in [6.45, 7) is -0.117. The maximum Gasteiger partial charge on any atom is 0.312 e. The number of esters is 1. The first kappa shape index (κ1) is 14.7. The Morgan fingerprint density at radius 1 is 1.27 bits per heavy atom. The van der Waals surface area contributed by atoms with Crippen LogP contribution in [0.15, 0.2) is 51.5 Å². The maximum atomic E-state index is 13.6. The van der Waals surface area contributed by atoms with Gasteiger partial charge in [-0.25, -0.2) is 4.39 Å². The van der Waals surface area contributed by atoms with Crippen molar-refractivity contribution in [2.45, 2.75) is 13.0 Å². The molecule has 3 aromatic rings. The maximum absolute atomic E-state index is 13.6. The van der Waals surface area contributed by atoms with Gasteiger partial charge in [-0.15, -0.1) is 0 Å². The van der Waals surface area contributed by atoms with E-state index in [0.29, 0.717) is 21.3 Å². The van der Waals surface area contributed by atoms with E-state index in [2.05, 4.69) is 21.1 Å². The molecule has 0 radical (unpaired) electrons. The molecule has 112 valence electrons. The summed E-state index contributed by atoms with van der Waals surface area (Å²) >= 11 is 3.17. The second kappa shape index (κ2) is 6.27. The summed E-state index contributed by atoms with van der Waals surface area (Å²) in [7, 11) is 0. The van der Waals surface area contributed by atoms with Gasteiger partial charge in [-0.3, -0.25) is 4.79 Å². The van der Waals surface area contributed by atoms with Crippen LogP contribution in [0.5, 0.6) is 0 Å². The molecular formula is C16H11BrFNO3. The molecule has 0 saturated heterocycles. The van der Waals surface area contributed by atoms with Gasteiger partial charge in [0.15, 0.2) is 5.58 Å². The topological polar surface area (TPSA) is 52.3 Å². The third-order valence-corrected chi connectivity index (χ3v) is 3.66. The predicted molar refractivity (Wildman–Crippen MR) is 81.6 cm³/mol. The fraction of sp³-hybridized carbons (Fsp3) is 0.125. The second-order valence-electron chi connectivity index (χ2n) is 4.70. The zero-order valence-electron chi connectivity index (χ0n) is 11.4. The van der Waals surface area contributed by atoms with Crippen LogP contribution in [0.25, 0.3) is 11.0 Å². The van der Waals surface area contributed by atoms with E-state index in [9.17, 15) is 9.18 Å². The molecule has 0 saturated carbocycles. The highest BCUT2D eigenvalue weighted by atomic mass is 79.9. The largest absolute Gasteiger partial charge is 0.460 e. The first-order valence-electron chi connectivity index (χ1n) is 6.56. The van der Waals surface area contributed by atoms with Gasteiger partial charge in [0.25, 0.3) is 0 Å². The van der Waals surface area contributed by atoms with Gasteiger partial charge < -0.3 is 9.26 Å². The predicted octanol–water partition coefficient (Wildman–Crippen LogP) is 4.02. The van der Waals surface area contributed by atoms with Crippen LogP contribution in [0.2, 0.25) is 0 Å². The fourth-order valence-electron chi connectivity index (χ4n) is 2.05. The molecule has 4 nitrogen and oxygen atoms in total. The summed E-state index contributed by atoms with van der Waals surface area (Å²) in [5.41, 5.74) is 1.45. The van der Waals surface area contributed by atoms with Gasteiger partial charge in [-0.2, -0.15) is 0 Å². The highest BCUT2D eigenvalue weighted by Crippen LogP contribution is 2.19. The SMILES string of the molecule is O=C(Cc1noc2ccccc12)OCc1ccc(Br)cc1F. The average Bonchev–Trinajstić information content (AvgIpc) is 2.90. The van der Waals surface area contributed by atoms with E-state index in [1.807, 2.05) is 18.2 Å². The minimum absolute atomic E-state index is 0.0187. The number of hydrogen-bond donors (Lipinski definition) is 0. The first-order chi connectivity index (χ1) is 10.6. The summed E-state index contributed by atoms with van der Waals surface area (Å²) in [6.07, 6.45) is -0.0187. The van der Waals surface area contributed by atoms with Gasteiger partial charge in [0, 0.05) is 15.4 Å². The molecule has 1 heterocycles. The Balaban J connectivity index is 1.65. The van der Waals surface area contributed by atoms with Crippen molar-refractivity contribution in [1.29, 1.82) is 0 Å². The molecule has 0 amide bonds. The summed E-state index contributed by atoms with van der Waals surface area (Å²) in [6, 6.07) is 11.8. The normalized spacial score (nSPS) is 10.8. The lowest BCUT2D eigenvalue weighted by molar-refractivity contribution is -0.144. The Kier molecular flexibility index (Phi) is 4.20. The van der Waals surface area contributed by atoms with Gasteiger partial charge in [-0.05, 0) is 24.3 Å². The van der Waals surface area contributed by atoms with E-state index in [1.165, 1.54) is 6.07 Å². The Morgan fingerprint density at radius 2 is 2.09 bits per heavy atom. The van der Waals surface area contributed by atoms with Crippen LogP contribution >= 0.6 is 15.9 Å². The van der Waals surface area contributed by atoms with Crippen LogP contribution in [0.4, 0.5) is 4.39 Å². The summed E-state index contributed by atoms with van der Waals surface area (Å²) < 4.78 is 24.5. The summed E-state index contributed by atoms with van der Waals surface area (Å²) in [5.74, 6) is -0.907. The van der Waals surface area contributed by atoms with Crippen molar-refractivity contribution in [1.82, 2.24) is 5.16 Å². The standard InChI is InChI=1S/C16H11BrFNO3/c17-11-6-5-10(13(18)7-11)9-21-16(20)8-14-12-3-1-2-4-15(12)22-19-14/h1-7H,8-9H2. The molecule has 0 unspecified atom stereocenters. The van der Waals surface area contributed by atoms with E-state index in [-0.39, 0.29) is 13.0 Å².